The van der Waals surface area contributed by atoms with E-state index in [1.807, 2.05) is 36.4 Å². The molecule has 0 aromatic heterocycles. The second kappa shape index (κ2) is 7.69. The zero-order valence-corrected chi connectivity index (χ0v) is 9.52. The van der Waals surface area contributed by atoms with Gasteiger partial charge in [-0.3, -0.25) is 4.79 Å². The molecule has 1 aliphatic heterocycles. The fourth-order valence-corrected chi connectivity index (χ4v) is 1.40. The Labute approximate surface area is 96.9 Å². The van der Waals surface area contributed by atoms with Crippen LogP contribution in [0.15, 0.2) is 36.9 Å². The monoisotopic (exact) mass is 218 g/mol. The molecule has 0 bridgehead atoms. The Kier molecular flexibility index (Phi) is 6.00. The van der Waals surface area contributed by atoms with Gasteiger partial charge in [0.2, 0.25) is 0 Å². The Morgan fingerprint density at radius 1 is 1.12 bits per heavy atom. The number of ether oxygens (including phenoxy) is 1. The first-order chi connectivity index (χ1) is 7.83. The highest BCUT2D eigenvalue weighted by molar-refractivity contribution is 5.69. The summed E-state index contributed by atoms with van der Waals surface area (Å²) in [6, 6.07) is 10.0. The Balaban J connectivity index is 0.000000160. The summed E-state index contributed by atoms with van der Waals surface area (Å²) in [5.74, 6) is -0.0255. The minimum absolute atomic E-state index is 0.0255. The highest BCUT2D eigenvalue weighted by Crippen LogP contribution is 2.06. The van der Waals surface area contributed by atoms with E-state index >= 15 is 0 Å². The molecule has 0 spiro atoms. The van der Waals surface area contributed by atoms with Gasteiger partial charge in [-0.25, -0.2) is 0 Å². The van der Waals surface area contributed by atoms with E-state index in [2.05, 4.69) is 6.58 Å². The quantitative estimate of drug-likeness (QED) is 0.675. The van der Waals surface area contributed by atoms with Crippen LogP contribution in [0.5, 0.6) is 0 Å². The molecule has 0 amide bonds. The molecule has 16 heavy (non-hydrogen) atoms. The number of esters is 1. The summed E-state index contributed by atoms with van der Waals surface area (Å²) in [6.07, 6.45) is 5.66. The molecule has 0 aliphatic carbocycles. The second-order valence-corrected chi connectivity index (χ2v) is 3.65. The third-order valence-electron chi connectivity index (χ3n) is 2.32. The molecular formula is C14H18O2. The number of benzene rings is 1. The maximum atomic E-state index is 10.5. The molecule has 0 radical (unpaired) electrons. The van der Waals surface area contributed by atoms with Gasteiger partial charge in [-0.1, -0.05) is 43.0 Å². The van der Waals surface area contributed by atoms with Crippen molar-refractivity contribution in [1.82, 2.24) is 0 Å². The fraction of sp³-hybridized carbons (Fsp3) is 0.357. The van der Waals surface area contributed by atoms with Gasteiger partial charge in [-0.05, 0) is 24.8 Å². The average Bonchev–Trinajstić information content (AvgIpc) is 2.59. The normalized spacial score (nSPS) is 15.1. The van der Waals surface area contributed by atoms with Crippen LogP contribution in [0.2, 0.25) is 0 Å². The summed E-state index contributed by atoms with van der Waals surface area (Å²) in [5, 5.41) is 0. The van der Waals surface area contributed by atoms with Crippen molar-refractivity contribution < 1.29 is 9.53 Å². The van der Waals surface area contributed by atoms with Gasteiger partial charge in [-0.2, -0.15) is 0 Å². The van der Waals surface area contributed by atoms with Gasteiger partial charge in [0.1, 0.15) is 0 Å². The van der Waals surface area contributed by atoms with Crippen molar-refractivity contribution in [2.45, 2.75) is 25.7 Å². The zero-order valence-electron chi connectivity index (χ0n) is 9.52. The maximum absolute atomic E-state index is 10.5. The van der Waals surface area contributed by atoms with E-state index in [9.17, 15) is 4.79 Å². The predicted molar refractivity (Wildman–Crippen MR) is 66.0 cm³/mol. The van der Waals surface area contributed by atoms with Crippen LogP contribution in [0.1, 0.15) is 31.2 Å². The molecule has 1 aromatic carbocycles. The summed E-state index contributed by atoms with van der Waals surface area (Å²) >= 11 is 0. The van der Waals surface area contributed by atoms with Crippen molar-refractivity contribution in [1.29, 1.82) is 0 Å². The molecule has 1 aromatic rings. The summed E-state index contributed by atoms with van der Waals surface area (Å²) in [4.78, 5) is 10.5. The first-order valence-corrected chi connectivity index (χ1v) is 5.66. The topological polar surface area (TPSA) is 26.3 Å². The van der Waals surface area contributed by atoms with Crippen LogP contribution in [0, 0.1) is 0 Å². The van der Waals surface area contributed by atoms with Crippen LogP contribution in [0.4, 0.5) is 0 Å². The molecule has 1 aliphatic rings. The first-order valence-electron chi connectivity index (χ1n) is 5.66. The Morgan fingerprint density at radius 3 is 2.50 bits per heavy atom. The standard InChI is InChI=1S/C8H8.C6H10O2/c1-2-8-6-4-3-5-7-8;7-6-4-2-1-3-5-8-6/h2-7H,1H2;1-5H2. The van der Waals surface area contributed by atoms with Crippen molar-refractivity contribution in [2.75, 3.05) is 6.61 Å². The van der Waals surface area contributed by atoms with Gasteiger partial charge < -0.3 is 4.74 Å². The highest BCUT2D eigenvalue weighted by Gasteiger charge is 2.05. The summed E-state index contributed by atoms with van der Waals surface area (Å²) < 4.78 is 4.76. The maximum Gasteiger partial charge on any atom is 0.305 e. The van der Waals surface area contributed by atoms with E-state index in [0.29, 0.717) is 13.0 Å². The van der Waals surface area contributed by atoms with Gasteiger partial charge in [-0.15, -0.1) is 0 Å². The van der Waals surface area contributed by atoms with Gasteiger partial charge in [0.15, 0.2) is 0 Å². The first kappa shape index (κ1) is 12.5. The summed E-state index contributed by atoms with van der Waals surface area (Å²) in [5.41, 5.74) is 1.17. The van der Waals surface area contributed by atoms with Crippen molar-refractivity contribution in [3.63, 3.8) is 0 Å². The van der Waals surface area contributed by atoms with E-state index in [-0.39, 0.29) is 5.97 Å². The number of hydrogen-bond donors (Lipinski definition) is 0. The van der Waals surface area contributed by atoms with Crippen LogP contribution in [0.3, 0.4) is 0 Å². The molecule has 1 fully saturated rings. The molecule has 1 heterocycles. The molecule has 2 rings (SSSR count). The smallest absolute Gasteiger partial charge is 0.305 e. The van der Waals surface area contributed by atoms with Crippen molar-refractivity contribution in [3.8, 4) is 0 Å². The van der Waals surface area contributed by atoms with Crippen LogP contribution in [0.25, 0.3) is 6.08 Å². The third kappa shape index (κ3) is 5.35. The van der Waals surface area contributed by atoms with Gasteiger partial charge in [0.05, 0.1) is 6.61 Å². The lowest BCUT2D eigenvalue weighted by Gasteiger charge is -1.93. The molecule has 1 saturated heterocycles. The van der Waals surface area contributed by atoms with Gasteiger partial charge in [0, 0.05) is 6.42 Å². The molecule has 2 nitrogen and oxygen atoms in total. The van der Waals surface area contributed by atoms with E-state index < -0.39 is 0 Å². The van der Waals surface area contributed by atoms with Crippen LogP contribution < -0.4 is 0 Å². The molecule has 0 unspecified atom stereocenters. The summed E-state index contributed by atoms with van der Waals surface area (Å²) in [6.45, 7) is 4.27. The third-order valence-corrected chi connectivity index (χ3v) is 2.32. The van der Waals surface area contributed by atoms with Crippen molar-refractivity contribution >= 4 is 12.0 Å². The lowest BCUT2D eigenvalue weighted by molar-refractivity contribution is -0.142. The lowest BCUT2D eigenvalue weighted by atomic mass is 10.2. The Hall–Kier alpha value is -1.57. The van der Waals surface area contributed by atoms with Crippen molar-refractivity contribution in [3.05, 3.63) is 42.5 Å². The Bertz CT molecular complexity index is 307. The van der Waals surface area contributed by atoms with Crippen molar-refractivity contribution in [2.24, 2.45) is 0 Å². The molecule has 0 N–H and O–H groups in total. The molecule has 2 heteroatoms. The number of rotatable bonds is 1. The minimum atomic E-state index is -0.0255. The lowest BCUT2D eigenvalue weighted by Crippen LogP contribution is -2.00. The van der Waals surface area contributed by atoms with E-state index in [1.165, 1.54) is 5.56 Å². The van der Waals surface area contributed by atoms with Crippen LogP contribution in [-0.2, 0) is 9.53 Å². The Morgan fingerprint density at radius 2 is 1.88 bits per heavy atom. The van der Waals surface area contributed by atoms with E-state index in [4.69, 9.17) is 4.74 Å². The van der Waals surface area contributed by atoms with Crippen LogP contribution >= 0.6 is 0 Å². The number of cyclic esters (lactones) is 1. The SMILES string of the molecule is C=Cc1ccccc1.O=C1CCCCCO1. The average molecular weight is 218 g/mol. The van der Waals surface area contributed by atoms with Gasteiger partial charge >= 0.3 is 5.97 Å². The minimum Gasteiger partial charge on any atom is -0.466 e. The highest BCUT2D eigenvalue weighted by atomic mass is 16.5. The molecule has 86 valence electrons. The molecule has 0 saturated carbocycles. The molecule has 0 atom stereocenters. The summed E-state index contributed by atoms with van der Waals surface area (Å²) in [7, 11) is 0. The fourth-order valence-electron chi connectivity index (χ4n) is 1.40. The predicted octanol–water partition coefficient (Wildman–Crippen LogP) is 3.43. The van der Waals surface area contributed by atoms with Crippen LogP contribution in [-0.4, -0.2) is 12.6 Å². The van der Waals surface area contributed by atoms with Gasteiger partial charge in [0.25, 0.3) is 0 Å². The van der Waals surface area contributed by atoms with E-state index in [0.717, 1.165) is 19.3 Å². The zero-order chi connectivity index (χ0) is 11.6. The number of hydrogen-bond acceptors (Lipinski definition) is 2. The molecular weight excluding hydrogens is 200 g/mol. The largest absolute Gasteiger partial charge is 0.466 e. The number of carbonyl (C=O) groups is 1. The number of carbonyl (C=O) groups excluding carboxylic acids is 1. The van der Waals surface area contributed by atoms with E-state index in [1.54, 1.807) is 0 Å². The second-order valence-electron chi connectivity index (χ2n) is 3.65.